The molecule has 0 spiro atoms. The summed E-state index contributed by atoms with van der Waals surface area (Å²) in [5.74, 6) is -1.39. The van der Waals surface area contributed by atoms with E-state index in [9.17, 15) is 14.4 Å². The van der Waals surface area contributed by atoms with Gasteiger partial charge in [-0.1, -0.05) is 57.3 Å². The maximum Gasteiger partial charge on any atom is 0.328 e. The van der Waals surface area contributed by atoms with Gasteiger partial charge < -0.3 is 20.7 Å². The first-order valence-electron chi connectivity index (χ1n) is 11.0. The van der Waals surface area contributed by atoms with Crippen molar-refractivity contribution >= 4 is 68.3 Å². The minimum absolute atomic E-state index is 0.236. The quantitative estimate of drug-likeness (QED) is 0.314. The Kier molecular flexibility index (Phi) is 7.59. The van der Waals surface area contributed by atoms with Crippen LogP contribution in [0.2, 0.25) is 10.0 Å². The summed E-state index contributed by atoms with van der Waals surface area (Å²) in [6.45, 7) is 1.53. The smallest absolute Gasteiger partial charge is 0.328 e. The molecule has 3 aromatic carbocycles. The van der Waals surface area contributed by atoms with E-state index in [4.69, 9.17) is 27.9 Å². The highest BCUT2D eigenvalue weighted by molar-refractivity contribution is 9.10. The summed E-state index contributed by atoms with van der Waals surface area (Å²) >= 11 is 15.9. The van der Waals surface area contributed by atoms with Crippen LogP contribution < -0.4 is 16.0 Å². The number of amides is 2. The van der Waals surface area contributed by atoms with Crippen molar-refractivity contribution in [2.75, 3.05) is 17.7 Å². The number of carbonyl (C=O) groups excluding carboxylic acids is 3. The molecule has 186 valence electrons. The third-order valence-corrected chi connectivity index (χ3v) is 6.88. The van der Waals surface area contributed by atoms with E-state index in [0.717, 1.165) is 5.56 Å². The Morgan fingerprint density at radius 1 is 1.08 bits per heavy atom. The summed E-state index contributed by atoms with van der Waals surface area (Å²) in [6.07, 6.45) is 0.236. The molecular weight excluding hydrogens is 569 g/mol. The zero-order valence-electron chi connectivity index (χ0n) is 19.3. The summed E-state index contributed by atoms with van der Waals surface area (Å²) in [6, 6.07) is 16.6. The Morgan fingerprint density at radius 3 is 2.56 bits per heavy atom. The number of methoxy groups -OCH3 is 1. The van der Waals surface area contributed by atoms with Gasteiger partial charge in [-0.25, -0.2) is 4.79 Å². The maximum absolute atomic E-state index is 13.6. The van der Waals surface area contributed by atoms with E-state index in [1.54, 1.807) is 48.5 Å². The fraction of sp³-hybridized carbons (Fsp3) is 0.192. The molecule has 2 atom stereocenters. The molecule has 36 heavy (non-hydrogen) atoms. The Hall–Kier alpha value is -3.07. The van der Waals surface area contributed by atoms with Crippen LogP contribution in [-0.2, 0) is 26.3 Å². The van der Waals surface area contributed by atoms with Crippen molar-refractivity contribution < 1.29 is 19.1 Å². The number of esters is 1. The first kappa shape index (κ1) is 26.0. The van der Waals surface area contributed by atoms with E-state index in [2.05, 4.69) is 31.9 Å². The number of fused-ring (bicyclic) bond motifs is 1. The fourth-order valence-corrected chi connectivity index (χ4v) is 4.94. The van der Waals surface area contributed by atoms with E-state index in [1.807, 2.05) is 12.1 Å². The number of nitrogens with one attached hydrogen (secondary N) is 3. The minimum atomic E-state index is -1.28. The molecule has 0 fully saturated rings. The van der Waals surface area contributed by atoms with Crippen LogP contribution in [0.3, 0.4) is 0 Å². The predicted octanol–water partition coefficient (Wildman–Crippen LogP) is 5.55. The molecule has 0 radical (unpaired) electrons. The highest BCUT2D eigenvalue weighted by atomic mass is 79.9. The second-order valence-electron chi connectivity index (χ2n) is 8.39. The lowest BCUT2D eigenvalue weighted by Crippen LogP contribution is -2.45. The highest BCUT2D eigenvalue weighted by Gasteiger charge is 2.47. The lowest BCUT2D eigenvalue weighted by molar-refractivity contribution is -0.142. The van der Waals surface area contributed by atoms with Gasteiger partial charge >= 0.3 is 5.97 Å². The number of benzene rings is 3. The van der Waals surface area contributed by atoms with E-state index < -0.39 is 23.5 Å². The van der Waals surface area contributed by atoms with Crippen LogP contribution in [0.5, 0.6) is 0 Å². The van der Waals surface area contributed by atoms with Crippen LogP contribution in [0, 0.1) is 0 Å². The lowest BCUT2D eigenvalue weighted by atomic mass is 9.84. The van der Waals surface area contributed by atoms with Crippen LogP contribution in [0.25, 0.3) is 0 Å². The van der Waals surface area contributed by atoms with Gasteiger partial charge in [-0.2, -0.15) is 0 Å². The number of ether oxygens (including phenoxy) is 1. The average Bonchev–Trinajstić information content (AvgIpc) is 3.08. The molecule has 0 bridgehead atoms. The van der Waals surface area contributed by atoms with Gasteiger partial charge in [0.1, 0.15) is 11.6 Å². The van der Waals surface area contributed by atoms with Crippen molar-refractivity contribution in [2.24, 2.45) is 0 Å². The van der Waals surface area contributed by atoms with Crippen molar-refractivity contribution in [2.45, 2.75) is 24.9 Å². The molecule has 1 aliphatic heterocycles. The van der Waals surface area contributed by atoms with Crippen LogP contribution in [-0.4, -0.2) is 30.9 Å². The van der Waals surface area contributed by atoms with Crippen LogP contribution in [0.15, 0.2) is 65.1 Å². The summed E-state index contributed by atoms with van der Waals surface area (Å²) in [7, 11) is 1.25. The number of halogens is 3. The SMILES string of the molecule is COC(=O)C(C)NC(=O)c1ccc(Br)cc1N[C@@]1(Cc2cccc(Cl)c2)C(=O)Nc2cc(Cl)ccc21. The van der Waals surface area contributed by atoms with Crippen molar-refractivity contribution in [3.05, 3.63) is 91.9 Å². The first-order chi connectivity index (χ1) is 17.1. The molecule has 4 rings (SSSR count). The maximum atomic E-state index is 13.6. The number of carbonyl (C=O) groups is 3. The Bertz CT molecular complexity index is 1370. The summed E-state index contributed by atoms with van der Waals surface area (Å²) in [5.41, 5.74) is 1.41. The molecular formula is C26H22BrCl2N3O4. The number of anilines is 2. The molecule has 0 saturated carbocycles. The molecule has 3 aromatic rings. The van der Waals surface area contributed by atoms with Gasteiger partial charge in [0, 0.05) is 37.9 Å². The van der Waals surface area contributed by atoms with Gasteiger partial charge in [-0.3, -0.25) is 9.59 Å². The van der Waals surface area contributed by atoms with Gasteiger partial charge in [0.25, 0.3) is 11.8 Å². The third kappa shape index (κ3) is 5.21. The topological polar surface area (TPSA) is 96.5 Å². The molecule has 1 unspecified atom stereocenters. The molecule has 1 heterocycles. The molecule has 7 nitrogen and oxygen atoms in total. The van der Waals surface area contributed by atoms with Crippen LogP contribution in [0.1, 0.15) is 28.4 Å². The lowest BCUT2D eigenvalue weighted by Gasteiger charge is -2.31. The van der Waals surface area contributed by atoms with Gasteiger partial charge in [0.15, 0.2) is 0 Å². The zero-order valence-corrected chi connectivity index (χ0v) is 22.4. The molecule has 2 amide bonds. The Morgan fingerprint density at radius 2 is 1.83 bits per heavy atom. The molecule has 3 N–H and O–H groups in total. The zero-order chi connectivity index (χ0) is 26.0. The van der Waals surface area contributed by atoms with Crippen molar-refractivity contribution in [1.82, 2.24) is 5.32 Å². The van der Waals surface area contributed by atoms with E-state index in [-0.39, 0.29) is 17.9 Å². The summed E-state index contributed by atoms with van der Waals surface area (Å²) in [4.78, 5) is 38.6. The number of hydrogen-bond acceptors (Lipinski definition) is 5. The Labute approximate surface area is 226 Å². The number of rotatable bonds is 7. The predicted molar refractivity (Wildman–Crippen MR) is 144 cm³/mol. The fourth-order valence-electron chi connectivity index (χ4n) is 4.20. The van der Waals surface area contributed by atoms with Gasteiger partial charge in [0.05, 0.1) is 12.7 Å². The van der Waals surface area contributed by atoms with E-state index >= 15 is 0 Å². The monoisotopic (exact) mass is 589 g/mol. The molecule has 0 aromatic heterocycles. The minimum Gasteiger partial charge on any atom is -0.467 e. The van der Waals surface area contributed by atoms with Crippen molar-refractivity contribution in [3.8, 4) is 0 Å². The summed E-state index contributed by atoms with van der Waals surface area (Å²) in [5, 5.41) is 9.91. The van der Waals surface area contributed by atoms with Crippen molar-refractivity contribution in [1.29, 1.82) is 0 Å². The number of hydrogen-bond donors (Lipinski definition) is 3. The van der Waals surface area contributed by atoms with Gasteiger partial charge in [-0.05, 0) is 55.0 Å². The third-order valence-electron chi connectivity index (χ3n) is 5.91. The molecule has 10 heteroatoms. The first-order valence-corrected chi connectivity index (χ1v) is 12.5. The molecule has 1 aliphatic rings. The van der Waals surface area contributed by atoms with Crippen LogP contribution in [0.4, 0.5) is 11.4 Å². The van der Waals surface area contributed by atoms with Crippen molar-refractivity contribution in [3.63, 3.8) is 0 Å². The van der Waals surface area contributed by atoms with Gasteiger partial charge in [0.2, 0.25) is 0 Å². The summed E-state index contributed by atoms with van der Waals surface area (Å²) < 4.78 is 5.40. The largest absolute Gasteiger partial charge is 0.467 e. The highest BCUT2D eigenvalue weighted by Crippen LogP contribution is 2.43. The second kappa shape index (κ2) is 10.5. The normalized spacial score (nSPS) is 17.1. The Balaban J connectivity index is 1.81. The van der Waals surface area contributed by atoms with E-state index in [0.29, 0.717) is 31.5 Å². The van der Waals surface area contributed by atoms with Crippen LogP contribution >= 0.6 is 39.1 Å². The second-order valence-corrected chi connectivity index (χ2v) is 10.2. The average molecular weight is 591 g/mol. The standard InChI is InChI=1S/C26H22BrCl2N3O4/c1-14(24(34)36-2)30-23(33)19-8-6-16(27)11-21(19)32-26(13-15-4-3-5-17(28)10-15)20-9-7-18(29)12-22(20)31-25(26)35/h3-12,14,32H,13H2,1-2H3,(H,30,33)(H,31,35)/t14?,26-/m1/s1. The molecule has 0 aliphatic carbocycles. The molecule has 0 saturated heterocycles. The van der Waals surface area contributed by atoms with E-state index in [1.165, 1.54) is 14.0 Å². The van der Waals surface area contributed by atoms with Gasteiger partial charge in [-0.15, -0.1) is 0 Å².